The number of rotatable bonds is 1. The number of anilines is 1. The molecule has 0 bridgehead atoms. The number of hydrogen-bond acceptors (Lipinski definition) is 3. The summed E-state index contributed by atoms with van der Waals surface area (Å²) in [6, 6.07) is 5.01. The van der Waals surface area contributed by atoms with Crippen molar-refractivity contribution in [1.29, 1.82) is 0 Å². The van der Waals surface area contributed by atoms with E-state index >= 15 is 0 Å². The quantitative estimate of drug-likeness (QED) is 0.863. The summed E-state index contributed by atoms with van der Waals surface area (Å²) in [5, 5.41) is 2.92. The molecule has 2 fully saturated rings. The fraction of sp³-hybridized carbons (Fsp3) is 0.467. The number of aromatic nitrogens is 2. The lowest BCUT2D eigenvalue weighted by Gasteiger charge is -2.22. The number of carbonyl (C=O) groups is 1. The first-order chi connectivity index (χ1) is 10.1. The maximum atomic E-state index is 13.9. The fourth-order valence-corrected chi connectivity index (χ4v) is 3.60. The second kappa shape index (κ2) is 4.19. The Morgan fingerprint density at radius 3 is 3.00 bits per heavy atom. The number of hydrogen-bond donors (Lipinski definition) is 1. The first-order valence-corrected chi connectivity index (χ1v) is 7.21. The molecule has 5 nitrogen and oxygen atoms in total. The molecule has 2 saturated heterocycles. The van der Waals surface area contributed by atoms with Crippen molar-refractivity contribution >= 4 is 22.9 Å². The highest BCUT2D eigenvalue weighted by Crippen LogP contribution is 2.38. The van der Waals surface area contributed by atoms with Crippen molar-refractivity contribution in [3.8, 4) is 0 Å². The van der Waals surface area contributed by atoms with Crippen LogP contribution in [-0.4, -0.2) is 35.1 Å². The van der Waals surface area contributed by atoms with Gasteiger partial charge in [-0.15, -0.1) is 0 Å². The number of para-hydroxylation sites is 1. The van der Waals surface area contributed by atoms with Gasteiger partial charge in [-0.25, -0.2) is 9.37 Å². The molecule has 0 saturated carbocycles. The lowest BCUT2D eigenvalue weighted by molar-refractivity contribution is -0.119. The van der Waals surface area contributed by atoms with Crippen LogP contribution in [0, 0.1) is 11.2 Å². The Kier molecular flexibility index (Phi) is 2.52. The zero-order valence-corrected chi connectivity index (χ0v) is 11.9. The van der Waals surface area contributed by atoms with E-state index in [2.05, 4.69) is 15.2 Å². The zero-order chi connectivity index (χ0) is 14.6. The van der Waals surface area contributed by atoms with Crippen molar-refractivity contribution in [1.82, 2.24) is 14.9 Å². The minimum Gasteiger partial charge on any atom is -0.355 e. The van der Waals surface area contributed by atoms with Gasteiger partial charge in [-0.1, -0.05) is 6.07 Å². The summed E-state index contributed by atoms with van der Waals surface area (Å²) in [4.78, 5) is 18.1. The lowest BCUT2D eigenvalue weighted by Crippen LogP contribution is -2.30. The molecule has 21 heavy (non-hydrogen) atoms. The number of aryl methyl sites for hydroxylation is 1. The Hall–Kier alpha value is -2.11. The minimum atomic E-state index is -0.291. The summed E-state index contributed by atoms with van der Waals surface area (Å²) < 4.78 is 15.8. The molecular weight excluding hydrogens is 271 g/mol. The number of benzene rings is 1. The molecule has 1 unspecified atom stereocenters. The number of fused-ring (bicyclic) bond motifs is 1. The first kappa shape index (κ1) is 12.6. The molecule has 2 aliphatic heterocycles. The van der Waals surface area contributed by atoms with Gasteiger partial charge in [-0.3, -0.25) is 4.79 Å². The van der Waals surface area contributed by atoms with Crippen LogP contribution in [0.25, 0.3) is 11.0 Å². The number of halogens is 1. The van der Waals surface area contributed by atoms with Crippen LogP contribution in [0.4, 0.5) is 10.3 Å². The van der Waals surface area contributed by atoms with Crippen molar-refractivity contribution in [2.45, 2.75) is 12.8 Å². The summed E-state index contributed by atoms with van der Waals surface area (Å²) in [6.07, 6.45) is 1.55. The highest BCUT2D eigenvalue weighted by molar-refractivity contribution is 5.81. The van der Waals surface area contributed by atoms with Crippen molar-refractivity contribution in [3.05, 3.63) is 24.0 Å². The van der Waals surface area contributed by atoms with Crippen molar-refractivity contribution in [3.63, 3.8) is 0 Å². The second-order valence-corrected chi connectivity index (χ2v) is 6.20. The van der Waals surface area contributed by atoms with Gasteiger partial charge in [0.15, 0.2) is 5.82 Å². The Labute approximate surface area is 121 Å². The molecule has 0 aliphatic carbocycles. The van der Waals surface area contributed by atoms with Gasteiger partial charge >= 0.3 is 0 Å². The predicted octanol–water partition coefficient (Wildman–Crippen LogP) is 1.43. The van der Waals surface area contributed by atoms with Gasteiger partial charge in [0.25, 0.3) is 0 Å². The van der Waals surface area contributed by atoms with E-state index in [0.717, 1.165) is 37.5 Å². The van der Waals surface area contributed by atoms with E-state index in [0.29, 0.717) is 11.9 Å². The van der Waals surface area contributed by atoms with E-state index in [1.54, 1.807) is 6.07 Å². The van der Waals surface area contributed by atoms with Gasteiger partial charge in [-0.05, 0) is 18.6 Å². The van der Waals surface area contributed by atoms with Crippen LogP contribution in [0.3, 0.4) is 0 Å². The molecule has 3 heterocycles. The maximum absolute atomic E-state index is 13.9. The molecular formula is C15H17FN4O. The zero-order valence-electron chi connectivity index (χ0n) is 11.9. The van der Waals surface area contributed by atoms with Gasteiger partial charge in [0.1, 0.15) is 5.52 Å². The summed E-state index contributed by atoms with van der Waals surface area (Å²) in [7, 11) is 1.91. The average molecular weight is 288 g/mol. The third-order valence-electron chi connectivity index (χ3n) is 4.76. The van der Waals surface area contributed by atoms with E-state index in [4.69, 9.17) is 0 Å². The van der Waals surface area contributed by atoms with Crippen LogP contribution >= 0.6 is 0 Å². The third kappa shape index (κ3) is 1.81. The topological polar surface area (TPSA) is 50.2 Å². The molecule has 110 valence electrons. The van der Waals surface area contributed by atoms with Crippen LogP contribution in [0.1, 0.15) is 12.8 Å². The standard InChI is InChI=1S/C15H17FN4O/c1-19-11-4-2-3-10(16)13(11)18-14(19)20-6-5-15(9-20)7-12(21)17-8-15/h2-4H,5-9H2,1H3,(H,17,21). The molecule has 1 spiro atoms. The van der Waals surface area contributed by atoms with Gasteiger partial charge in [0, 0.05) is 38.5 Å². The van der Waals surface area contributed by atoms with E-state index in [-0.39, 0.29) is 17.1 Å². The molecule has 1 atom stereocenters. The van der Waals surface area contributed by atoms with Gasteiger partial charge in [0.2, 0.25) is 11.9 Å². The van der Waals surface area contributed by atoms with Crippen LogP contribution in [-0.2, 0) is 11.8 Å². The molecule has 1 aromatic carbocycles. The Bertz CT molecular complexity index is 741. The molecule has 4 rings (SSSR count). The largest absolute Gasteiger partial charge is 0.355 e. The SMILES string of the molecule is Cn1c(N2CCC3(CNC(=O)C3)C2)nc2c(F)cccc21. The van der Waals surface area contributed by atoms with Crippen molar-refractivity contribution in [2.75, 3.05) is 24.5 Å². The first-order valence-electron chi connectivity index (χ1n) is 7.21. The van der Waals surface area contributed by atoms with E-state index in [1.165, 1.54) is 6.07 Å². The van der Waals surface area contributed by atoms with E-state index < -0.39 is 0 Å². The summed E-state index contributed by atoms with van der Waals surface area (Å²) in [5.41, 5.74) is 1.23. The van der Waals surface area contributed by atoms with E-state index in [9.17, 15) is 9.18 Å². The van der Waals surface area contributed by atoms with Gasteiger partial charge in [-0.2, -0.15) is 0 Å². The lowest BCUT2D eigenvalue weighted by atomic mass is 9.86. The number of carbonyl (C=O) groups excluding carboxylic acids is 1. The number of nitrogens with one attached hydrogen (secondary N) is 1. The monoisotopic (exact) mass is 288 g/mol. The number of imidazole rings is 1. The Morgan fingerprint density at radius 2 is 2.29 bits per heavy atom. The molecule has 0 radical (unpaired) electrons. The summed E-state index contributed by atoms with van der Waals surface area (Å²) in [5.74, 6) is 0.625. The normalized spacial score (nSPS) is 25.2. The van der Waals surface area contributed by atoms with Crippen LogP contribution in [0.5, 0.6) is 0 Å². The molecule has 1 N–H and O–H groups in total. The number of nitrogens with zero attached hydrogens (tertiary/aromatic N) is 3. The maximum Gasteiger partial charge on any atom is 0.220 e. The second-order valence-electron chi connectivity index (χ2n) is 6.20. The summed E-state index contributed by atoms with van der Waals surface area (Å²) >= 11 is 0. The Morgan fingerprint density at radius 1 is 1.43 bits per heavy atom. The highest BCUT2D eigenvalue weighted by Gasteiger charge is 2.44. The molecule has 2 aliphatic rings. The minimum absolute atomic E-state index is 0.0216. The average Bonchev–Trinajstić information content (AvgIpc) is 3.12. The molecule has 1 amide bonds. The summed E-state index contributed by atoms with van der Waals surface area (Å²) in [6.45, 7) is 2.39. The van der Waals surface area contributed by atoms with Crippen molar-refractivity contribution < 1.29 is 9.18 Å². The Balaban J connectivity index is 1.70. The number of amides is 1. The van der Waals surface area contributed by atoms with Crippen molar-refractivity contribution in [2.24, 2.45) is 12.5 Å². The molecule has 1 aromatic heterocycles. The molecule has 2 aromatic rings. The van der Waals surface area contributed by atoms with Gasteiger partial charge in [0.05, 0.1) is 5.52 Å². The smallest absolute Gasteiger partial charge is 0.220 e. The van der Waals surface area contributed by atoms with Crippen LogP contribution in [0.2, 0.25) is 0 Å². The molecule has 6 heteroatoms. The van der Waals surface area contributed by atoms with E-state index in [1.807, 2.05) is 17.7 Å². The van der Waals surface area contributed by atoms with Crippen LogP contribution < -0.4 is 10.2 Å². The predicted molar refractivity (Wildman–Crippen MR) is 77.6 cm³/mol. The van der Waals surface area contributed by atoms with Crippen LogP contribution in [0.15, 0.2) is 18.2 Å². The fourth-order valence-electron chi connectivity index (χ4n) is 3.60. The third-order valence-corrected chi connectivity index (χ3v) is 4.76. The highest BCUT2D eigenvalue weighted by atomic mass is 19.1. The van der Waals surface area contributed by atoms with Gasteiger partial charge < -0.3 is 14.8 Å².